The van der Waals surface area contributed by atoms with Crippen molar-refractivity contribution in [1.29, 1.82) is 0 Å². The molecule has 2 aromatic rings. The second-order valence-electron chi connectivity index (χ2n) is 9.10. The van der Waals surface area contributed by atoms with Gasteiger partial charge in [0.15, 0.2) is 11.5 Å². The van der Waals surface area contributed by atoms with Gasteiger partial charge in [-0.3, -0.25) is 9.80 Å². The molecule has 4 N–H and O–H groups in total. The zero-order valence-corrected chi connectivity index (χ0v) is 21.4. The fourth-order valence-corrected chi connectivity index (χ4v) is 6.26. The molecular formula is C24H22BClF3N3O5S. The van der Waals surface area contributed by atoms with Crippen LogP contribution in [0.4, 0.5) is 13.2 Å². The van der Waals surface area contributed by atoms with Crippen LogP contribution in [0.5, 0.6) is 0 Å². The molecule has 1 saturated heterocycles. The molecule has 0 aromatic heterocycles. The van der Waals surface area contributed by atoms with Crippen LogP contribution in [-0.2, 0) is 10.5 Å². The highest BCUT2D eigenvalue weighted by molar-refractivity contribution is 7.98. The smallest absolute Gasteiger partial charge is 0.488 e. The Kier molecular flexibility index (Phi) is 6.95. The van der Waals surface area contributed by atoms with E-state index in [1.165, 1.54) is 16.8 Å². The number of hydrogen-bond acceptors (Lipinski definition) is 8. The van der Waals surface area contributed by atoms with Gasteiger partial charge in [-0.05, 0) is 35.7 Å². The second kappa shape index (κ2) is 9.81. The van der Waals surface area contributed by atoms with Crippen molar-refractivity contribution in [3.8, 4) is 0 Å². The Hall–Kier alpha value is -2.68. The van der Waals surface area contributed by atoms with E-state index >= 15 is 0 Å². The number of thioether (sulfide) groups is 1. The summed E-state index contributed by atoms with van der Waals surface area (Å²) in [6.45, 7) is 0.241. The van der Waals surface area contributed by atoms with E-state index in [0.717, 1.165) is 28.6 Å². The van der Waals surface area contributed by atoms with Gasteiger partial charge in [0, 0.05) is 27.3 Å². The number of nitrogens with zero attached hydrogens (tertiary/aromatic N) is 3. The number of hydrogen-bond donors (Lipinski definition) is 4. The van der Waals surface area contributed by atoms with E-state index in [1.807, 2.05) is 18.2 Å². The van der Waals surface area contributed by atoms with Crippen molar-refractivity contribution in [3.05, 3.63) is 87.3 Å². The van der Waals surface area contributed by atoms with E-state index in [4.69, 9.17) is 11.6 Å². The molecule has 0 spiro atoms. The first kappa shape index (κ1) is 26.9. The number of fused-ring (bicyclic) bond motifs is 3. The minimum absolute atomic E-state index is 0.343. The van der Waals surface area contributed by atoms with Crippen molar-refractivity contribution in [2.75, 3.05) is 6.67 Å². The van der Waals surface area contributed by atoms with Crippen molar-refractivity contribution < 1.29 is 38.2 Å². The number of halogens is 4. The lowest BCUT2D eigenvalue weighted by atomic mass is 9.74. The predicted molar refractivity (Wildman–Crippen MR) is 134 cm³/mol. The minimum atomic E-state index is -4.79. The van der Waals surface area contributed by atoms with Crippen LogP contribution in [0, 0.1) is 0 Å². The first-order valence-corrected chi connectivity index (χ1v) is 12.9. The van der Waals surface area contributed by atoms with Gasteiger partial charge in [0.05, 0.1) is 12.7 Å². The molecule has 0 aliphatic carbocycles. The van der Waals surface area contributed by atoms with Crippen LogP contribution in [-0.4, -0.2) is 73.2 Å². The van der Waals surface area contributed by atoms with Crippen LogP contribution < -0.4 is 0 Å². The van der Waals surface area contributed by atoms with Gasteiger partial charge in [0.25, 0.3) is 5.91 Å². The lowest BCUT2D eigenvalue weighted by Gasteiger charge is -2.51. The number of carbonyl (C=O) groups excluding carboxylic acids is 1. The van der Waals surface area contributed by atoms with Gasteiger partial charge in [-0.25, -0.2) is 0 Å². The summed E-state index contributed by atoms with van der Waals surface area (Å²) in [7, 11) is -2.22. The van der Waals surface area contributed by atoms with Crippen molar-refractivity contribution in [1.82, 2.24) is 14.9 Å². The van der Waals surface area contributed by atoms with Crippen LogP contribution >= 0.6 is 23.4 Å². The van der Waals surface area contributed by atoms with Gasteiger partial charge in [-0.15, -0.1) is 11.8 Å². The molecule has 3 aliphatic heterocycles. The van der Waals surface area contributed by atoms with Gasteiger partial charge in [-0.1, -0.05) is 41.9 Å². The summed E-state index contributed by atoms with van der Waals surface area (Å²) in [5, 5.41) is 43.8. The zero-order chi connectivity index (χ0) is 27.5. The summed E-state index contributed by atoms with van der Waals surface area (Å²) >= 11 is 8.20. The molecule has 38 heavy (non-hydrogen) atoms. The van der Waals surface area contributed by atoms with Crippen LogP contribution in [0.25, 0.3) is 0 Å². The third kappa shape index (κ3) is 4.36. The lowest BCUT2D eigenvalue weighted by Crippen LogP contribution is -2.63. The van der Waals surface area contributed by atoms with Gasteiger partial charge < -0.3 is 25.2 Å². The molecule has 3 aliphatic rings. The molecule has 200 valence electrons. The molecule has 14 heteroatoms. The summed E-state index contributed by atoms with van der Waals surface area (Å²) < 4.78 is 41.7. The average Bonchev–Trinajstić information content (AvgIpc) is 3.03. The standard InChI is InChI=1S/C24H22BClF3N3O5S/c1-12(24(27,28)29)30-11-32(31-9-15(25(36)37)21(33)22(34)20(31)23(30)35)19-14-6-2-3-8-17(14)38-10-13-5-4-7-16(26)18(13)19/h2-9,12,19,21,33-34,36-37H,10-11H2,1H3/t12-,19-,21?/m1/s1. The molecule has 8 nitrogen and oxygen atoms in total. The molecule has 5 rings (SSSR count). The molecule has 0 radical (unpaired) electrons. The molecule has 1 amide bonds. The average molecular weight is 568 g/mol. The highest BCUT2D eigenvalue weighted by Crippen LogP contribution is 2.48. The SMILES string of the molecule is C[C@@H](N1CN([C@@H]2c3ccccc3SCc3cccc(Cl)c32)N2C=C(B(O)O)C(O)C(O)=C2C1=O)C(F)(F)F. The Morgan fingerprint density at radius 2 is 1.87 bits per heavy atom. The molecule has 0 saturated carbocycles. The molecule has 0 bridgehead atoms. The fraction of sp³-hybridized carbons (Fsp3) is 0.292. The highest BCUT2D eigenvalue weighted by Gasteiger charge is 2.52. The largest absolute Gasteiger partial charge is 0.507 e. The Morgan fingerprint density at radius 1 is 1.16 bits per heavy atom. The molecule has 3 atom stereocenters. The topological polar surface area (TPSA) is 108 Å². The Morgan fingerprint density at radius 3 is 2.55 bits per heavy atom. The first-order chi connectivity index (χ1) is 17.9. The molecular weight excluding hydrogens is 546 g/mol. The summed E-state index contributed by atoms with van der Waals surface area (Å²) in [4.78, 5) is 14.8. The second-order valence-corrected chi connectivity index (χ2v) is 10.5. The van der Waals surface area contributed by atoms with E-state index in [2.05, 4.69) is 0 Å². The quantitative estimate of drug-likeness (QED) is 0.419. The predicted octanol–water partition coefficient (Wildman–Crippen LogP) is 3.34. The van der Waals surface area contributed by atoms with Gasteiger partial charge in [-0.2, -0.15) is 18.2 Å². The lowest BCUT2D eigenvalue weighted by molar-refractivity contribution is -0.204. The molecule has 3 heterocycles. The number of aliphatic hydroxyl groups excluding tert-OH is 2. The fourth-order valence-electron chi connectivity index (χ4n) is 4.88. The van der Waals surface area contributed by atoms with Crippen LogP contribution in [0.3, 0.4) is 0 Å². The molecule has 1 fully saturated rings. The van der Waals surface area contributed by atoms with Gasteiger partial charge >= 0.3 is 13.3 Å². The number of alkyl halides is 3. The number of carbonyl (C=O) groups is 1. The highest BCUT2D eigenvalue weighted by atomic mass is 35.5. The summed E-state index contributed by atoms with van der Waals surface area (Å²) in [6.07, 6.45) is -5.75. The van der Waals surface area contributed by atoms with E-state index in [0.29, 0.717) is 26.8 Å². The van der Waals surface area contributed by atoms with E-state index in [9.17, 15) is 38.2 Å². The van der Waals surface area contributed by atoms with Crippen LogP contribution in [0.1, 0.15) is 29.7 Å². The van der Waals surface area contributed by atoms with Gasteiger partial charge in [0.2, 0.25) is 0 Å². The monoisotopic (exact) mass is 567 g/mol. The van der Waals surface area contributed by atoms with Crippen molar-refractivity contribution in [2.24, 2.45) is 0 Å². The third-order valence-corrected chi connectivity index (χ3v) is 8.37. The minimum Gasteiger partial charge on any atom is -0.507 e. The number of benzene rings is 2. The van der Waals surface area contributed by atoms with E-state index < -0.39 is 61.0 Å². The number of rotatable bonds is 3. The van der Waals surface area contributed by atoms with Crippen molar-refractivity contribution in [2.45, 2.75) is 41.9 Å². The summed E-state index contributed by atoms with van der Waals surface area (Å²) in [5.74, 6) is -1.66. The summed E-state index contributed by atoms with van der Waals surface area (Å²) in [6, 6.07) is 9.44. The Labute approximate surface area is 225 Å². The van der Waals surface area contributed by atoms with E-state index in [-0.39, 0.29) is 0 Å². The first-order valence-electron chi connectivity index (χ1n) is 11.5. The number of hydrazine groups is 1. The molecule has 1 unspecified atom stereocenters. The normalized spacial score (nSPS) is 22.8. The van der Waals surface area contributed by atoms with Crippen LogP contribution in [0.2, 0.25) is 5.02 Å². The van der Waals surface area contributed by atoms with Crippen molar-refractivity contribution in [3.63, 3.8) is 0 Å². The Balaban J connectivity index is 1.78. The number of aliphatic hydroxyl groups is 2. The van der Waals surface area contributed by atoms with Gasteiger partial charge in [0.1, 0.15) is 12.1 Å². The maximum atomic E-state index is 13.9. The third-order valence-electron chi connectivity index (χ3n) is 6.91. The molecule has 2 aromatic carbocycles. The summed E-state index contributed by atoms with van der Waals surface area (Å²) in [5.41, 5.74) is 0.992. The Bertz CT molecular complexity index is 1360. The maximum Gasteiger partial charge on any atom is 0.488 e. The van der Waals surface area contributed by atoms with E-state index in [1.54, 1.807) is 24.3 Å². The maximum absolute atomic E-state index is 13.9. The number of amides is 1. The zero-order valence-electron chi connectivity index (χ0n) is 19.8. The van der Waals surface area contributed by atoms with Crippen molar-refractivity contribution >= 4 is 36.4 Å². The van der Waals surface area contributed by atoms with Crippen LogP contribution in [0.15, 0.2) is 70.5 Å².